The van der Waals surface area contributed by atoms with Gasteiger partial charge in [-0.1, -0.05) is 70.2 Å². The fourth-order valence-corrected chi connectivity index (χ4v) is 4.63. The summed E-state index contributed by atoms with van der Waals surface area (Å²) in [5, 5.41) is 16.6. The van der Waals surface area contributed by atoms with Crippen LogP contribution in [-0.4, -0.2) is 38.7 Å². The smallest absolute Gasteiger partial charge is 0.253 e. The second-order valence-corrected chi connectivity index (χ2v) is 10.3. The van der Waals surface area contributed by atoms with Gasteiger partial charge in [0, 0.05) is 10.2 Å². The molecule has 1 aromatic heterocycles. The Bertz CT molecular complexity index is 1380. The van der Waals surface area contributed by atoms with Crippen molar-refractivity contribution in [1.29, 1.82) is 0 Å². The molecular formula is C27H27BrN6O2S. The number of carbonyl (C=O) groups is 1. The van der Waals surface area contributed by atoms with Crippen molar-refractivity contribution in [3.8, 4) is 11.4 Å². The molecule has 0 aliphatic carbocycles. The SMILES string of the molecule is COc1ccccc1NCc1nnc(S[C@@H](C)C(=O)N/N=C(\C)c2ccc(Br)cc2)n1-c1ccccc1. The normalized spacial score (nSPS) is 12.2. The van der Waals surface area contributed by atoms with Crippen LogP contribution in [0.1, 0.15) is 25.2 Å². The van der Waals surface area contributed by atoms with Gasteiger partial charge < -0.3 is 10.1 Å². The first kappa shape index (κ1) is 26.4. The minimum Gasteiger partial charge on any atom is -0.495 e. The highest BCUT2D eigenvalue weighted by molar-refractivity contribution is 9.10. The monoisotopic (exact) mass is 578 g/mol. The molecule has 190 valence electrons. The Hall–Kier alpha value is -3.63. The summed E-state index contributed by atoms with van der Waals surface area (Å²) in [6, 6.07) is 25.3. The van der Waals surface area contributed by atoms with Crippen molar-refractivity contribution in [1.82, 2.24) is 20.2 Å². The number of amides is 1. The van der Waals surface area contributed by atoms with Crippen molar-refractivity contribution in [2.75, 3.05) is 12.4 Å². The van der Waals surface area contributed by atoms with E-state index < -0.39 is 5.25 Å². The van der Waals surface area contributed by atoms with Gasteiger partial charge in [0.15, 0.2) is 11.0 Å². The summed E-state index contributed by atoms with van der Waals surface area (Å²) in [4.78, 5) is 12.8. The molecule has 10 heteroatoms. The molecule has 0 spiro atoms. The molecular weight excluding hydrogens is 552 g/mol. The molecule has 1 atom stereocenters. The van der Waals surface area contributed by atoms with Crippen LogP contribution in [0, 0.1) is 0 Å². The second-order valence-electron chi connectivity index (χ2n) is 8.06. The number of rotatable bonds is 10. The summed E-state index contributed by atoms with van der Waals surface area (Å²) in [6.45, 7) is 4.09. The third-order valence-electron chi connectivity index (χ3n) is 5.51. The van der Waals surface area contributed by atoms with E-state index in [2.05, 4.69) is 42.0 Å². The Morgan fingerprint density at radius 1 is 1.05 bits per heavy atom. The maximum Gasteiger partial charge on any atom is 0.253 e. The Kier molecular flexibility index (Phi) is 8.97. The lowest BCUT2D eigenvalue weighted by molar-refractivity contribution is -0.120. The summed E-state index contributed by atoms with van der Waals surface area (Å²) in [5.74, 6) is 1.22. The summed E-state index contributed by atoms with van der Waals surface area (Å²) >= 11 is 4.75. The number of nitrogens with zero attached hydrogens (tertiary/aromatic N) is 4. The highest BCUT2D eigenvalue weighted by Gasteiger charge is 2.21. The van der Waals surface area contributed by atoms with Gasteiger partial charge in [-0.3, -0.25) is 9.36 Å². The first-order chi connectivity index (χ1) is 18.0. The first-order valence-electron chi connectivity index (χ1n) is 11.6. The molecule has 37 heavy (non-hydrogen) atoms. The van der Waals surface area contributed by atoms with Crippen molar-refractivity contribution in [3.05, 3.63) is 94.7 Å². The molecule has 8 nitrogen and oxygen atoms in total. The lowest BCUT2D eigenvalue weighted by Gasteiger charge is -2.14. The zero-order chi connectivity index (χ0) is 26.2. The Balaban J connectivity index is 1.50. The number of ether oxygens (including phenoxy) is 1. The number of methoxy groups -OCH3 is 1. The molecule has 0 bridgehead atoms. The van der Waals surface area contributed by atoms with Crippen LogP contribution in [0.3, 0.4) is 0 Å². The van der Waals surface area contributed by atoms with Gasteiger partial charge in [0.1, 0.15) is 5.75 Å². The maximum atomic E-state index is 12.8. The fourth-order valence-electron chi connectivity index (χ4n) is 3.49. The molecule has 0 saturated heterocycles. The molecule has 0 unspecified atom stereocenters. The van der Waals surface area contributed by atoms with Crippen molar-refractivity contribution in [3.63, 3.8) is 0 Å². The number of anilines is 1. The predicted molar refractivity (Wildman–Crippen MR) is 151 cm³/mol. The second kappa shape index (κ2) is 12.6. The van der Waals surface area contributed by atoms with Crippen LogP contribution >= 0.6 is 27.7 Å². The van der Waals surface area contributed by atoms with Gasteiger partial charge >= 0.3 is 0 Å². The van der Waals surface area contributed by atoms with Crippen molar-refractivity contribution in [2.45, 2.75) is 30.8 Å². The Labute approximate surface area is 228 Å². The van der Waals surface area contributed by atoms with Gasteiger partial charge in [-0.15, -0.1) is 10.2 Å². The summed E-state index contributed by atoms with van der Waals surface area (Å²) < 4.78 is 8.38. The number of benzene rings is 3. The van der Waals surface area contributed by atoms with Gasteiger partial charge in [-0.2, -0.15) is 5.10 Å². The quantitative estimate of drug-likeness (QED) is 0.143. The maximum absolute atomic E-state index is 12.8. The Morgan fingerprint density at radius 2 is 1.76 bits per heavy atom. The highest BCUT2D eigenvalue weighted by Crippen LogP contribution is 2.28. The van der Waals surface area contributed by atoms with Gasteiger partial charge in [0.05, 0.1) is 30.3 Å². The van der Waals surface area contributed by atoms with E-state index in [4.69, 9.17) is 4.74 Å². The fraction of sp³-hybridized carbons (Fsp3) is 0.185. The molecule has 3 aromatic carbocycles. The van der Waals surface area contributed by atoms with E-state index in [9.17, 15) is 4.79 Å². The highest BCUT2D eigenvalue weighted by atomic mass is 79.9. The van der Waals surface area contributed by atoms with E-state index in [-0.39, 0.29) is 5.91 Å². The van der Waals surface area contributed by atoms with E-state index in [1.165, 1.54) is 11.8 Å². The van der Waals surface area contributed by atoms with E-state index in [1.54, 1.807) is 7.11 Å². The van der Waals surface area contributed by atoms with Crippen LogP contribution in [0.2, 0.25) is 0 Å². The third-order valence-corrected chi connectivity index (χ3v) is 7.08. The lowest BCUT2D eigenvalue weighted by atomic mass is 10.1. The molecule has 0 saturated carbocycles. The number of hydrazone groups is 1. The van der Waals surface area contributed by atoms with Gasteiger partial charge in [-0.05, 0) is 55.8 Å². The van der Waals surface area contributed by atoms with Gasteiger partial charge in [0.25, 0.3) is 5.91 Å². The molecule has 0 aliphatic heterocycles. The van der Waals surface area contributed by atoms with Crippen molar-refractivity contribution >= 4 is 45.0 Å². The molecule has 4 aromatic rings. The standard InChI is InChI=1S/C27H27BrN6O2S/c1-18(20-13-15-21(28)16-14-20)30-32-26(35)19(2)37-27-33-31-25(34(27)22-9-5-4-6-10-22)17-29-23-11-7-8-12-24(23)36-3/h4-16,19,29H,17H2,1-3H3,(H,32,35)/b30-18+/t19-/m0/s1. The summed E-state index contributed by atoms with van der Waals surface area (Å²) in [7, 11) is 1.64. The van der Waals surface area contributed by atoms with Crippen molar-refractivity contribution in [2.24, 2.45) is 5.10 Å². The zero-order valence-electron chi connectivity index (χ0n) is 20.7. The van der Waals surface area contributed by atoms with Crippen LogP contribution in [-0.2, 0) is 11.3 Å². The van der Waals surface area contributed by atoms with Crippen LogP contribution in [0.4, 0.5) is 5.69 Å². The van der Waals surface area contributed by atoms with Crippen LogP contribution < -0.4 is 15.5 Å². The van der Waals surface area contributed by atoms with Crippen molar-refractivity contribution < 1.29 is 9.53 Å². The molecule has 0 fully saturated rings. The van der Waals surface area contributed by atoms with Crippen LogP contribution in [0.5, 0.6) is 5.75 Å². The first-order valence-corrected chi connectivity index (χ1v) is 13.3. The average Bonchev–Trinajstić information content (AvgIpc) is 3.33. The number of aromatic nitrogens is 3. The third kappa shape index (κ3) is 6.78. The number of para-hydroxylation sites is 3. The van der Waals surface area contributed by atoms with Crippen LogP contribution in [0.25, 0.3) is 5.69 Å². The number of halogens is 1. The topological polar surface area (TPSA) is 93.4 Å². The van der Waals surface area contributed by atoms with Crippen LogP contribution in [0.15, 0.2) is 93.6 Å². The summed E-state index contributed by atoms with van der Waals surface area (Å²) in [6.07, 6.45) is 0. The number of thioether (sulfide) groups is 1. The van der Waals surface area contributed by atoms with E-state index in [0.717, 1.165) is 32.9 Å². The minimum absolute atomic E-state index is 0.224. The van der Waals surface area contributed by atoms with E-state index in [0.29, 0.717) is 17.5 Å². The largest absolute Gasteiger partial charge is 0.495 e. The van der Waals surface area contributed by atoms with Gasteiger partial charge in [-0.25, -0.2) is 5.43 Å². The molecule has 1 heterocycles. The average molecular weight is 580 g/mol. The van der Waals surface area contributed by atoms with Gasteiger partial charge in [0.2, 0.25) is 0 Å². The molecule has 4 rings (SSSR count). The number of hydrogen-bond acceptors (Lipinski definition) is 7. The molecule has 0 aliphatic rings. The zero-order valence-corrected chi connectivity index (χ0v) is 23.1. The Morgan fingerprint density at radius 3 is 2.49 bits per heavy atom. The van der Waals surface area contributed by atoms with E-state index >= 15 is 0 Å². The number of carbonyl (C=O) groups excluding carboxylic acids is 1. The molecule has 2 N–H and O–H groups in total. The minimum atomic E-state index is -0.455. The number of hydrogen-bond donors (Lipinski definition) is 2. The molecule has 0 radical (unpaired) electrons. The van der Waals surface area contributed by atoms with E-state index in [1.807, 2.05) is 97.3 Å². The predicted octanol–water partition coefficient (Wildman–Crippen LogP) is 5.67. The summed E-state index contributed by atoms with van der Waals surface area (Å²) in [5.41, 5.74) is 6.08. The number of nitrogens with one attached hydrogen (secondary N) is 2. The molecule has 1 amide bonds. The lowest BCUT2D eigenvalue weighted by Crippen LogP contribution is -2.28.